The van der Waals surface area contributed by atoms with Crippen molar-refractivity contribution in [3.63, 3.8) is 0 Å². The molecule has 1 heterocycles. The van der Waals surface area contributed by atoms with Gasteiger partial charge >= 0.3 is 0 Å². The van der Waals surface area contributed by atoms with Crippen LogP contribution >= 0.6 is 0 Å². The normalized spacial score (nSPS) is 13.8. The largest absolute Gasteiger partial charge is 0.488 e. The van der Waals surface area contributed by atoms with Gasteiger partial charge in [-0.2, -0.15) is 0 Å². The Morgan fingerprint density at radius 1 is 1.00 bits per heavy atom. The molecule has 3 rings (SSSR count). The van der Waals surface area contributed by atoms with Crippen LogP contribution in [0.3, 0.4) is 0 Å². The summed E-state index contributed by atoms with van der Waals surface area (Å²) >= 11 is 0. The van der Waals surface area contributed by atoms with Crippen LogP contribution in [0.15, 0.2) is 59.6 Å². The van der Waals surface area contributed by atoms with E-state index in [2.05, 4.69) is 4.99 Å². The fraction of sp³-hybridized carbons (Fsp3) is 0.188. The zero-order valence-electron chi connectivity index (χ0n) is 10.6. The molecule has 0 radical (unpaired) electrons. The van der Waals surface area contributed by atoms with Gasteiger partial charge in [0.25, 0.3) is 0 Å². The number of para-hydroxylation sites is 1. The maximum absolute atomic E-state index is 5.87. The standard InChI is InChI=1S/C16H15NO2/c1-2-6-13(7-3-1)12-19-15-9-5-4-8-14(15)16-17-10-11-18-16/h1-9H,10-12H2. The van der Waals surface area contributed by atoms with Crippen LogP contribution in [0.2, 0.25) is 0 Å². The van der Waals surface area contributed by atoms with Gasteiger partial charge in [0.1, 0.15) is 19.0 Å². The summed E-state index contributed by atoms with van der Waals surface area (Å²) in [5.41, 5.74) is 2.07. The summed E-state index contributed by atoms with van der Waals surface area (Å²) < 4.78 is 11.4. The Labute approximate surface area is 112 Å². The average molecular weight is 253 g/mol. The van der Waals surface area contributed by atoms with Crippen LogP contribution in [0.25, 0.3) is 0 Å². The van der Waals surface area contributed by atoms with E-state index in [1.54, 1.807) is 0 Å². The number of rotatable bonds is 4. The second-order valence-corrected chi connectivity index (χ2v) is 4.31. The molecule has 2 aromatic rings. The summed E-state index contributed by atoms with van der Waals surface area (Å²) in [5.74, 6) is 1.50. The minimum atomic E-state index is 0.547. The van der Waals surface area contributed by atoms with Crippen molar-refractivity contribution in [3.05, 3.63) is 65.7 Å². The first kappa shape index (κ1) is 11.8. The third-order valence-electron chi connectivity index (χ3n) is 2.94. The number of aliphatic imine (C=N–C) groups is 1. The lowest BCUT2D eigenvalue weighted by atomic mass is 10.2. The van der Waals surface area contributed by atoms with Gasteiger partial charge in [-0.15, -0.1) is 0 Å². The molecular formula is C16H15NO2. The van der Waals surface area contributed by atoms with Crippen LogP contribution in [0.5, 0.6) is 5.75 Å². The Kier molecular flexibility index (Phi) is 3.45. The molecule has 3 heteroatoms. The Bertz CT molecular complexity index is 578. The van der Waals surface area contributed by atoms with E-state index in [0.717, 1.165) is 23.4 Å². The first-order chi connectivity index (χ1) is 9.43. The average Bonchev–Trinajstić information content (AvgIpc) is 3.01. The molecule has 0 saturated heterocycles. The molecule has 0 spiro atoms. The molecule has 1 aliphatic rings. The first-order valence-electron chi connectivity index (χ1n) is 6.37. The van der Waals surface area contributed by atoms with Crippen molar-refractivity contribution >= 4 is 5.90 Å². The molecular weight excluding hydrogens is 238 g/mol. The highest BCUT2D eigenvalue weighted by molar-refractivity contribution is 5.97. The Balaban J connectivity index is 1.77. The van der Waals surface area contributed by atoms with Crippen molar-refractivity contribution < 1.29 is 9.47 Å². The predicted molar refractivity (Wildman–Crippen MR) is 74.6 cm³/mol. The van der Waals surface area contributed by atoms with Gasteiger partial charge in [0.15, 0.2) is 0 Å². The fourth-order valence-corrected chi connectivity index (χ4v) is 2.00. The molecule has 0 aromatic heterocycles. The molecule has 2 aromatic carbocycles. The summed E-state index contributed by atoms with van der Waals surface area (Å²) in [6, 6.07) is 18.0. The molecule has 0 unspecified atom stereocenters. The van der Waals surface area contributed by atoms with Crippen molar-refractivity contribution in [2.45, 2.75) is 6.61 Å². The van der Waals surface area contributed by atoms with E-state index in [4.69, 9.17) is 9.47 Å². The van der Waals surface area contributed by atoms with Crippen molar-refractivity contribution in [1.82, 2.24) is 0 Å². The second kappa shape index (κ2) is 5.57. The molecule has 1 aliphatic heterocycles. The lowest BCUT2D eigenvalue weighted by Gasteiger charge is -2.11. The van der Waals surface area contributed by atoms with Crippen LogP contribution in [0, 0.1) is 0 Å². The lowest BCUT2D eigenvalue weighted by Crippen LogP contribution is -2.05. The van der Waals surface area contributed by atoms with Crippen LogP contribution in [0.1, 0.15) is 11.1 Å². The van der Waals surface area contributed by atoms with Crippen molar-refractivity contribution in [2.24, 2.45) is 4.99 Å². The molecule has 96 valence electrons. The molecule has 19 heavy (non-hydrogen) atoms. The van der Waals surface area contributed by atoms with Crippen molar-refractivity contribution in [2.75, 3.05) is 13.2 Å². The van der Waals surface area contributed by atoms with Gasteiger partial charge in [0.05, 0.1) is 12.1 Å². The number of nitrogens with zero attached hydrogens (tertiary/aromatic N) is 1. The molecule has 3 nitrogen and oxygen atoms in total. The summed E-state index contributed by atoms with van der Waals surface area (Å²) in [4.78, 5) is 4.34. The number of hydrogen-bond donors (Lipinski definition) is 0. The molecule has 0 amide bonds. The monoisotopic (exact) mass is 253 g/mol. The maximum Gasteiger partial charge on any atom is 0.220 e. The van der Waals surface area contributed by atoms with Gasteiger partial charge in [-0.3, -0.25) is 0 Å². The molecule has 0 N–H and O–H groups in total. The van der Waals surface area contributed by atoms with E-state index in [-0.39, 0.29) is 0 Å². The fourth-order valence-electron chi connectivity index (χ4n) is 2.00. The van der Waals surface area contributed by atoms with E-state index >= 15 is 0 Å². The lowest BCUT2D eigenvalue weighted by molar-refractivity contribution is 0.301. The third kappa shape index (κ3) is 2.76. The smallest absolute Gasteiger partial charge is 0.220 e. The highest BCUT2D eigenvalue weighted by atomic mass is 16.5. The summed E-state index contributed by atoms with van der Waals surface area (Å²) in [6.07, 6.45) is 0. The zero-order valence-corrected chi connectivity index (χ0v) is 10.6. The zero-order chi connectivity index (χ0) is 12.9. The van der Waals surface area contributed by atoms with Gasteiger partial charge in [0, 0.05) is 0 Å². The number of hydrogen-bond acceptors (Lipinski definition) is 3. The SMILES string of the molecule is c1ccc(COc2ccccc2C2=NCCO2)cc1. The molecule has 0 fully saturated rings. The molecule has 0 aliphatic carbocycles. The van der Waals surface area contributed by atoms with E-state index in [1.807, 2.05) is 54.6 Å². The Hall–Kier alpha value is -2.29. The predicted octanol–water partition coefficient (Wildman–Crippen LogP) is 3.04. The summed E-state index contributed by atoms with van der Waals surface area (Å²) in [6.45, 7) is 1.93. The van der Waals surface area contributed by atoms with Gasteiger partial charge in [0.2, 0.25) is 5.90 Å². The highest BCUT2D eigenvalue weighted by Crippen LogP contribution is 2.22. The molecule has 0 saturated carbocycles. The second-order valence-electron chi connectivity index (χ2n) is 4.31. The Morgan fingerprint density at radius 2 is 1.79 bits per heavy atom. The van der Waals surface area contributed by atoms with Crippen LogP contribution < -0.4 is 4.74 Å². The van der Waals surface area contributed by atoms with Crippen LogP contribution in [0.4, 0.5) is 0 Å². The van der Waals surface area contributed by atoms with Gasteiger partial charge in [-0.1, -0.05) is 42.5 Å². The van der Waals surface area contributed by atoms with Gasteiger partial charge < -0.3 is 9.47 Å². The highest BCUT2D eigenvalue weighted by Gasteiger charge is 2.14. The molecule has 0 atom stereocenters. The van der Waals surface area contributed by atoms with Crippen molar-refractivity contribution in [1.29, 1.82) is 0 Å². The Morgan fingerprint density at radius 3 is 2.58 bits per heavy atom. The first-order valence-corrected chi connectivity index (χ1v) is 6.37. The van der Waals surface area contributed by atoms with Gasteiger partial charge in [-0.25, -0.2) is 4.99 Å². The van der Waals surface area contributed by atoms with E-state index in [9.17, 15) is 0 Å². The topological polar surface area (TPSA) is 30.8 Å². The molecule has 0 bridgehead atoms. The van der Waals surface area contributed by atoms with Crippen LogP contribution in [-0.4, -0.2) is 19.0 Å². The quantitative estimate of drug-likeness (QED) is 0.838. The van der Waals surface area contributed by atoms with Gasteiger partial charge in [-0.05, 0) is 17.7 Å². The number of benzene rings is 2. The van der Waals surface area contributed by atoms with Crippen LogP contribution in [-0.2, 0) is 11.3 Å². The number of ether oxygens (including phenoxy) is 2. The summed E-state index contributed by atoms with van der Waals surface area (Å²) in [7, 11) is 0. The van der Waals surface area contributed by atoms with Crippen molar-refractivity contribution in [3.8, 4) is 5.75 Å². The van der Waals surface area contributed by atoms with E-state index < -0.39 is 0 Å². The van der Waals surface area contributed by atoms with E-state index in [0.29, 0.717) is 19.1 Å². The summed E-state index contributed by atoms with van der Waals surface area (Å²) in [5, 5.41) is 0. The van der Waals surface area contributed by atoms with E-state index in [1.165, 1.54) is 0 Å². The third-order valence-corrected chi connectivity index (χ3v) is 2.94. The maximum atomic E-state index is 5.87. The minimum absolute atomic E-state index is 0.547. The minimum Gasteiger partial charge on any atom is -0.488 e.